The molecule has 1 fully saturated rings. The standard InChI is InChI=1S/C11H18N2O3/c1-15-9-6-13(11(14)2-5-12)10-3-7-16-8-4-10/h10H,2-4,6-9H2,1H3. The summed E-state index contributed by atoms with van der Waals surface area (Å²) in [5.74, 6) is -0.105. The number of carbonyl (C=O) groups is 1. The quantitative estimate of drug-likeness (QED) is 0.687. The van der Waals surface area contributed by atoms with E-state index in [0.717, 1.165) is 12.8 Å². The van der Waals surface area contributed by atoms with Crippen molar-refractivity contribution in [1.29, 1.82) is 5.26 Å². The number of ether oxygens (including phenoxy) is 2. The Bertz CT molecular complexity index is 256. The minimum absolute atomic E-state index is 0.0545. The number of methoxy groups -OCH3 is 1. The average molecular weight is 226 g/mol. The number of nitrogens with zero attached hydrogens (tertiary/aromatic N) is 2. The van der Waals surface area contributed by atoms with Crippen LogP contribution in [0, 0.1) is 11.3 Å². The van der Waals surface area contributed by atoms with E-state index in [2.05, 4.69) is 0 Å². The topological polar surface area (TPSA) is 62.6 Å². The molecule has 5 nitrogen and oxygen atoms in total. The van der Waals surface area contributed by atoms with Gasteiger partial charge in [-0.2, -0.15) is 5.26 Å². The number of amides is 1. The predicted molar refractivity (Wildman–Crippen MR) is 57.7 cm³/mol. The van der Waals surface area contributed by atoms with Gasteiger partial charge in [-0.25, -0.2) is 0 Å². The minimum atomic E-state index is -0.105. The van der Waals surface area contributed by atoms with Crippen molar-refractivity contribution in [2.75, 3.05) is 33.5 Å². The molecule has 16 heavy (non-hydrogen) atoms. The molecular weight excluding hydrogens is 208 g/mol. The lowest BCUT2D eigenvalue weighted by Crippen LogP contribution is -2.44. The summed E-state index contributed by atoms with van der Waals surface area (Å²) in [6.07, 6.45) is 1.64. The summed E-state index contributed by atoms with van der Waals surface area (Å²) in [5.41, 5.74) is 0. The molecule has 1 aliphatic heterocycles. The largest absolute Gasteiger partial charge is 0.383 e. The average Bonchev–Trinajstić information content (AvgIpc) is 2.31. The van der Waals surface area contributed by atoms with Crippen molar-refractivity contribution < 1.29 is 14.3 Å². The maximum atomic E-state index is 11.8. The van der Waals surface area contributed by atoms with E-state index in [1.54, 1.807) is 12.0 Å². The van der Waals surface area contributed by atoms with Crippen molar-refractivity contribution in [1.82, 2.24) is 4.90 Å². The Balaban J connectivity index is 2.54. The van der Waals surface area contributed by atoms with E-state index < -0.39 is 0 Å². The molecule has 0 spiro atoms. The highest BCUT2D eigenvalue weighted by Crippen LogP contribution is 2.15. The van der Waals surface area contributed by atoms with Gasteiger partial charge in [0.25, 0.3) is 0 Å². The van der Waals surface area contributed by atoms with Crippen LogP contribution in [-0.4, -0.2) is 50.3 Å². The molecule has 1 saturated heterocycles. The first kappa shape index (κ1) is 12.9. The third kappa shape index (κ3) is 3.80. The van der Waals surface area contributed by atoms with Crippen LogP contribution in [0.15, 0.2) is 0 Å². The molecule has 0 aromatic rings. The predicted octanol–water partition coefficient (Wildman–Crippen LogP) is 0.554. The Labute approximate surface area is 95.9 Å². The van der Waals surface area contributed by atoms with E-state index >= 15 is 0 Å². The Morgan fingerprint density at radius 3 is 2.81 bits per heavy atom. The second-order valence-electron chi connectivity index (χ2n) is 3.76. The highest BCUT2D eigenvalue weighted by molar-refractivity contribution is 5.78. The monoisotopic (exact) mass is 226 g/mol. The first-order valence-corrected chi connectivity index (χ1v) is 5.52. The van der Waals surface area contributed by atoms with Gasteiger partial charge in [-0.15, -0.1) is 0 Å². The second-order valence-corrected chi connectivity index (χ2v) is 3.76. The summed E-state index contributed by atoms with van der Waals surface area (Å²) in [5, 5.41) is 8.56. The van der Waals surface area contributed by atoms with E-state index in [9.17, 15) is 4.79 Å². The summed E-state index contributed by atoms with van der Waals surface area (Å²) < 4.78 is 10.2. The van der Waals surface area contributed by atoms with Gasteiger partial charge in [0.1, 0.15) is 6.42 Å². The summed E-state index contributed by atoms with van der Waals surface area (Å²) in [6.45, 7) is 2.44. The van der Waals surface area contributed by atoms with Gasteiger partial charge < -0.3 is 14.4 Å². The molecule has 0 atom stereocenters. The molecule has 1 aliphatic rings. The molecule has 0 aromatic carbocycles. The van der Waals surface area contributed by atoms with Gasteiger partial charge in [0.15, 0.2) is 0 Å². The zero-order chi connectivity index (χ0) is 11.8. The van der Waals surface area contributed by atoms with Crippen molar-refractivity contribution >= 4 is 5.91 Å². The van der Waals surface area contributed by atoms with Crippen LogP contribution in [-0.2, 0) is 14.3 Å². The van der Waals surface area contributed by atoms with E-state index in [1.165, 1.54) is 0 Å². The Morgan fingerprint density at radius 1 is 1.56 bits per heavy atom. The number of nitriles is 1. The molecule has 0 aromatic heterocycles. The maximum Gasteiger partial charge on any atom is 0.237 e. The highest BCUT2D eigenvalue weighted by Gasteiger charge is 2.24. The second kappa shape index (κ2) is 7.20. The molecule has 1 amide bonds. The molecule has 90 valence electrons. The highest BCUT2D eigenvalue weighted by atomic mass is 16.5. The lowest BCUT2D eigenvalue weighted by molar-refractivity contribution is -0.135. The molecule has 1 rings (SSSR count). The summed E-state index contributed by atoms with van der Waals surface area (Å²) >= 11 is 0. The SMILES string of the molecule is COCCN(C(=O)CC#N)C1CCOCC1. The van der Waals surface area contributed by atoms with Crippen LogP contribution in [0.5, 0.6) is 0 Å². The van der Waals surface area contributed by atoms with Gasteiger partial charge in [-0.05, 0) is 12.8 Å². The van der Waals surface area contributed by atoms with Crippen molar-refractivity contribution in [3.8, 4) is 6.07 Å². The summed E-state index contributed by atoms with van der Waals surface area (Å²) in [6, 6.07) is 2.10. The summed E-state index contributed by atoms with van der Waals surface area (Å²) in [4.78, 5) is 13.5. The van der Waals surface area contributed by atoms with Gasteiger partial charge in [-0.1, -0.05) is 0 Å². The minimum Gasteiger partial charge on any atom is -0.383 e. The number of hydrogen-bond acceptors (Lipinski definition) is 4. The van der Waals surface area contributed by atoms with Gasteiger partial charge in [0.05, 0.1) is 12.7 Å². The molecule has 0 unspecified atom stereocenters. The molecule has 0 bridgehead atoms. The number of rotatable bonds is 5. The van der Waals surface area contributed by atoms with Crippen LogP contribution in [0.25, 0.3) is 0 Å². The van der Waals surface area contributed by atoms with Gasteiger partial charge in [0, 0.05) is 32.9 Å². The lowest BCUT2D eigenvalue weighted by atomic mass is 10.1. The Morgan fingerprint density at radius 2 is 2.25 bits per heavy atom. The molecular formula is C11H18N2O3. The van der Waals surface area contributed by atoms with E-state index in [1.807, 2.05) is 6.07 Å². The first-order chi connectivity index (χ1) is 7.79. The molecule has 5 heteroatoms. The smallest absolute Gasteiger partial charge is 0.237 e. The Kier molecular flexibility index (Phi) is 5.83. The Hall–Kier alpha value is -1.12. The van der Waals surface area contributed by atoms with E-state index in [4.69, 9.17) is 14.7 Å². The van der Waals surface area contributed by atoms with Gasteiger partial charge in [-0.3, -0.25) is 4.79 Å². The van der Waals surface area contributed by atoms with Crippen LogP contribution >= 0.6 is 0 Å². The van der Waals surface area contributed by atoms with Gasteiger partial charge in [0.2, 0.25) is 5.91 Å². The molecule has 0 saturated carbocycles. The number of carbonyl (C=O) groups excluding carboxylic acids is 1. The molecule has 1 heterocycles. The van der Waals surface area contributed by atoms with Crippen LogP contribution in [0.1, 0.15) is 19.3 Å². The normalized spacial score (nSPS) is 16.8. The van der Waals surface area contributed by atoms with Crippen molar-refractivity contribution in [3.05, 3.63) is 0 Å². The first-order valence-electron chi connectivity index (χ1n) is 5.52. The molecule has 0 aliphatic carbocycles. The zero-order valence-electron chi connectivity index (χ0n) is 9.65. The number of hydrogen-bond donors (Lipinski definition) is 0. The van der Waals surface area contributed by atoms with E-state index in [-0.39, 0.29) is 18.4 Å². The van der Waals surface area contributed by atoms with Crippen molar-refractivity contribution in [3.63, 3.8) is 0 Å². The fourth-order valence-electron chi connectivity index (χ4n) is 1.87. The van der Waals surface area contributed by atoms with E-state index in [0.29, 0.717) is 26.4 Å². The van der Waals surface area contributed by atoms with Crippen LogP contribution < -0.4 is 0 Å². The maximum absolute atomic E-state index is 11.8. The van der Waals surface area contributed by atoms with Crippen molar-refractivity contribution in [2.24, 2.45) is 0 Å². The zero-order valence-corrected chi connectivity index (χ0v) is 9.65. The molecule has 0 N–H and O–H groups in total. The fourth-order valence-corrected chi connectivity index (χ4v) is 1.87. The van der Waals surface area contributed by atoms with Gasteiger partial charge >= 0.3 is 0 Å². The van der Waals surface area contributed by atoms with Crippen LogP contribution in [0.4, 0.5) is 0 Å². The third-order valence-electron chi connectivity index (χ3n) is 2.72. The van der Waals surface area contributed by atoms with Crippen LogP contribution in [0.2, 0.25) is 0 Å². The van der Waals surface area contributed by atoms with Crippen molar-refractivity contribution in [2.45, 2.75) is 25.3 Å². The lowest BCUT2D eigenvalue weighted by Gasteiger charge is -2.33. The summed E-state index contributed by atoms with van der Waals surface area (Å²) in [7, 11) is 1.61. The third-order valence-corrected chi connectivity index (χ3v) is 2.72. The van der Waals surface area contributed by atoms with Crippen LogP contribution in [0.3, 0.4) is 0 Å². The fraction of sp³-hybridized carbons (Fsp3) is 0.818. The molecule has 0 radical (unpaired) electrons.